The first-order valence-electron chi connectivity index (χ1n) is 5.94. The van der Waals surface area contributed by atoms with E-state index in [9.17, 15) is 10.2 Å². The van der Waals surface area contributed by atoms with Gasteiger partial charge in [0.25, 0.3) is 0 Å². The van der Waals surface area contributed by atoms with Gasteiger partial charge in [-0.15, -0.1) is 12.4 Å². The number of rotatable bonds is 4. The molecule has 2 rings (SSSR count). The van der Waals surface area contributed by atoms with Gasteiger partial charge in [0.2, 0.25) is 0 Å². The fourth-order valence-corrected chi connectivity index (χ4v) is 2.23. The standard InChI is InChI=1S/C13H19NO3.ClH/c1-17-11-7-9(15)5-6-10(11)12(14)13(16)8-3-2-4-8;/h5-8,12-13,15-16H,2-4,14H2,1H3;1H/t12-,13+;/m1./s1. The molecule has 0 bridgehead atoms. The Morgan fingerprint density at radius 2 is 2.06 bits per heavy atom. The minimum atomic E-state index is -0.540. The van der Waals surface area contributed by atoms with E-state index in [1.165, 1.54) is 19.6 Å². The normalized spacial score (nSPS) is 18.4. The Labute approximate surface area is 113 Å². The summed E-state index contributed by atoms with van der Waals surface area (Å²) >= 11 is 0. The number of halogens is 1. The Morgan fingerprint density at radius 3 is 2.56 bits per heavy atom. The van der Waals surface area contributed by atoms with E-state index in [0.717, 1.165) is 18.4 Å². The second-order valence-corrected chi connectivity index (χ2v) is 4.63. The largest absolute Gasteiger partial charge is 0.508 e. The van der Waals surface area contributed by atoms with Gasteiger partial charge in [-0.25, -0.2) is 0 Å². The monoisotopic (exact) mass is 273 g/mol. The van der Waals surface area contributed by atoms with Gasteiger partial charge in [0.1, 0.15) is 11.5 Å². The number of aliphatic hydroxyl groups excluding tert-OH is 1. The van der Waals surface area contributed by atoms with Crippen molar-refractivity contribution in [3.63, 3.8) is 0 Å². The molecule has 0 aliphatic heterocycles. The van der Waals surface area contributed by atoms with E-state index in [0.29, 0.717) is 11.7 Å². The summed E-state index contributed by atoms with van der Waals surface area (Å²) in [4.78, 5) is 0. The fourth-order valence-electron chi connectivity index (χ4n) is 2.23. The molecule has 0 unspecified atom stereocenters. The average Bonchev–Trinajstić information content (AvgIpc) is 2.25. The van der Waals surface area contributed by atoms with E-state index < -0.39 is 12.1 Å². The van der Waals surface area contributed by atoms with Crippen LogP contribution in [0.15, 0.2) is 18.2 Å². The van der Waals surface area contributed by atoms with E-state index in [4.69, 9.17) is 10.5 Å². The molecule has 0 radical (unpaired) electrons. The van der Waals surface area contributed by atoms with Gasteiger partial charge in [0, 0.05) is 11.6 Å². The molecule has 5 heteroatoms. The summed E-state index contributed by atoms with van der Waals surface area (Å²) in [6, 6.07) is 4.32. The lowest BCUT2D eigenvalue weighted by atomic mass is 9.77. The predicted octanol–water partition coefficient (Wildman–Crippen LogP) is 1.98. The van der Waals surface area contributed by atoms with Crippen molar-refractivity contribution in [3.05, 3.63) is 23.8 Å². The molecule has 0 amide bonds. The van der Waals surface area contributed by atoms with Crippen LogP contribution in [0.1, 0.15) is 30.9 Å². The summed E-state index contributed by atoms with van der Waals surface area (Å²) < 4.78 is 5.18. The molecule has 0 saturated heterocycles. The van der Waals surface area contributed by atoms with Crippen molar-refractivity contribution < 1.29 is 14.9 Å². The second-order valence-electron chi connectivity index (χ2n) is 4.63. The zero-order valence-corrected chi connectivity index (χ0v) is 11.2. The zero-order chi connectivity index (χ0) is 12.4. The summed E-state index contributed by atoms with van der Waals surface area (Å²) in [5, 5.41) is 19.5. The number of ether oxygens (including phenoxy) is 1. The Bertz CT molecular complexity index is 396. The highest BCUT2D eigenvalue weighted by atomic mass is 35.5. The topological polar surface area (TPSA) is 75.7 Å². The minimum Gasteiger partial charge on any atom is -0.508 e. The van der Waals surface area contributed by atoms with Crippen molar-refractivity contribution >= 4 is 12.4 Å². The van der Waals surface area contributed by atoms with E-state index in [2.05, 4.69) is 0 Å². The van der Waals surface area contributed by atoms with Gasteiger partial charge in [-0.2, -0.15) is 0 Å². The number of hydrogen-bond donors (Lipinski definition) is 3. The Balaban J connectivity index is 0.00000162. The predicted molar refractivity (Wildman–Crippen MR) is 72.2 cm³/mol. The highest BCUT2D eigenvalue weighted by Gasteiger charge is 2.31. The second kappa shape index (κ2) is 6.27. The number of hydrogen-bond acceptors (Lipinski definition) is 4. The van der Waals surface area contributed by atoms with Gasteiger partial charge < -0.3 is 20.7 Å². The molecule has 1 aliphatic rings. The van der Waals surface area contributed by atoms with Crippen molar-refractivity contribution in [1.29, 1.82) is 0 Å². The van der Waals surface area contributed by atoms with Crippen LogP contribution in [0.3, 0.4) is 0 Å². The third-order valence-electron chi connectivity index (χ3n) is 3.58. The van der Waals surface area contributed by atoms with Gasteiger partial charge in [0.05, 0.1) is 19.3 Å². The number of aromatic hydroxyl groups is 1. The van der Waals surface area contributed by atoms with Crippen molar-refractivity contribution in [2.45, 2.75) is 31.4 Å². The lowest BCUT2D eigenvalue weighted by Gasteiger charge is -2.34. The first kappa shape index (κ1) is 15.1. The number of benzene rings is 1. The highest BCUT2D eigenvalue weighted by Crippen LogP contribution is 2.37. The Kier molecular flexibility index (Phi) is 5.26. The highest BCUT2D eigenvalue weighted by molar-refractivity contribution is 5.85. The lowest BCUT2D eigenvalue weighted by Crippen LogP contribution is -2.36. The summed E-state index contributed by atoms with van der Waals surface area (Å²) in [6.07, 6.45) is 2.70. The number of methoxy groups -OCH3 is 1. The quantitative estimate of drug-likeness (QED) is 0.784. The van der Waals surface area contributed by atoms with Gasteiger partial charge in [-0.3, -0.25) is 0 Å². The molecular formula is C13H20ClNO3. The maximum atomic E-state index is 10.1. The number of phenols is 1. The van der Waals surface area contributed by atoms with Crippen molar-refractivity contribution in [2.24, 2.45) is 11.7 Å². The molecule has 1 aliphatic carbocycles. The van der Waals surface area contributed by atoms with Crippen molar-refractivity contribution in [1.82, 2.24) is 0 Å². The van der Waals surface area contributed by atoms with Crippen LogP contribution in [0, 0.1) is 5.92 Å². The minimum absolute atomic E-state index is 0. The fraction of sp³-hybridized carbons (Fsp3) is 0.538. The molecule has 1 aromatic rings. The smallest absolute Gasteiger partial charge is 0.127 e. The van der Waals surface area contributed by atoms with Crippen LogP contribution >= 0.6 is 12.4 Å². The molecule has 1 aromatic carbocycles. The molecule has 18 heavy (non-hydrogen) atoms. The molecule has 1 saturated carbocycles. The third-order valence-corrected chi connectivity index (χ3v) is 3.58. The summed E-state index contributed by atoms with van der Waals surface area (Å²) in [6.45, 7) is 0. The Morgan fingerprint density at radius 1 is 1.39 bits per heavy atom. The molecular weight excluding hydrogens is 254 g/mol. The summed E-state index contributed by atoms with van der Waals surface area (Å²) in [5.41, 5.74) is 6.80. The van der Waals surface area contributed by atoms with Crippen LogP contribution < -0.4 is 10.5 Å². The summed E-state index contributed by atoms with van der Waals surface area (Å²) in [5.74, 6) is 0.954. The molecule has 1 fully saturated rings. The van der Waals surface area contributed by atoms with E-state index in [1.54, 1.807) is 12.1 Å². The molecule has 102 valence electrons. The molecule has 0 spiro atoms. The zero-order valence-electron chi connectivity index (χ0n) is 10.4. The average molecular weight is 274 g/mol. The van der Waals surface area contributed by atoms with Gasteiger partial charge in [0.15, 0.2) is 0 Å². The SMILES string of the molecule is COc1cc(O)ccc1[C@@H](N)[C@@H](O)C1CCC1.Cl. The molecule has 4 nitrogen and oxygen atoms in total. The third kappa shape index (κ3) is 2.88. The van der Waals surface area contributed by atoms with Crippen LogP contribution in [0.2, 0.25) is 0 Å². The van der Waals surface area contributed by atoms with E-state index in [1.807, 2.05) is 0 Å². The Hall–Kier alpha value is -0.970. The van der Waals surface area contributed by atoms with E-state index in [-0.39, 0.29) is 18.2 Å². The van der Waals surface area contributed by atoms with Crippen LogP contribution in [0.5, 0.6) is 11.5 Å². The lowest BCUT2D eigenvalue weighted by molar-refractivity contribution is 0.0407. The number of phenolic OH excluding ortho intramolecular Hbond substituents is 1. The summed E-state index contributed by atoms with van der Waals surface area (Å²) in [7, 11) is 1.53. The molecule has 0 heterocycles. The van der Waals surface area contributed by atoms with Crippen LogP contribution in [0.25, 0.3) is 0 Å². The molecule has 2 atom stereocenters. The van der Waals surface area contributed by atoms with Crippen molar-refractivity contribution in [3.8, 4) is 11.5 Å². The maximum Gasteiger partial charge on any atom is 0.127 e. The first-order chi connectivity index (χ1) is 8.13. The van der Waals surface area contributed by atoms with Crippen molar-refractivity contribution in [2.75, 3.05) is 7.11 Å². The molecule has 4 N–H and O–H groups in total. The van der Waals surface area contributed by atoms with Crippen LogP contribution in [-0.2, 0) is 0 Å². The maximum absolute atomic E-state index is 10.1. The van der Waals surface area contributed by atoms with Crippen LogP contribution in [0.4, 0.5) is 0 Å². The van der Waals surface area contributed by atoms with Gasteiger partial charge >= 0.3 is 0 Å². The van der Waals surface area contributed by atoms with E-state index >= 15 is 0 Å². The first-order valence-corrected chi connectivity index (χ1v) is 5.94. The van der Waals surface area contributed by atoms with Gasteiger partial charge in [-0.1, -0.05) is 6.42 Å². The number of nitrogens with two attached hydrogens (primary N) is 1. The number of aliphatic hydroxyl groups is 1. The molecule has 0 aromatic heterocycles. The van der Waals surface area contributed by atoms with Crippen LogP contribution in [-0.4, -0.2) is 23.4 Å². The van der Waals surface area contributed by atoms with Gasteiger partial charge in [-0.05, 0) is 30.9 Å².